The lowest BCUT2D eigenvalue weighted by atomic mass is 9.87. The van der Waals surface area contributed by atoms with Gasteiger partial charge in [-0.05, 0) is 5.41 Å². The zero-order valence-electron chi connectivity index (χ0n) is 10.9. The molecule has 1 heterocycles. The molecule has 1 rings (SSSR count). The second kappa shape index (κ2) is 5.16. The molecule has 0 aromatic carbocycles. The van der Waals surface area contributed by atoms with Gasteiger partial charge in [0, 0.05) is 6.42 Å². The molecule has 18 heavy (non-hydrogen) atoms. The van der Waals surface area contributed by atoms with Crippen LogP contribution in [0, 0.1) is 5.41 Å². The predicted molar refractivity (Wildman–Crippen MR) is 64.1 cm³/mol. The first kappa shape index (κ1) is 14.1. The Labute approximate surface area is 105 Å². The first-order chi connectivity index (χ1) is 8.25. The van der Waals surface area contributed by atoms with E-state index in [0.717, 1.165) is 0 Å². The summed E-state index contributed by atoms with van der Waals surface area (Å²) in [5.41, 5.74) is -0.592. The van der Waals surface area contributed by atoms with Crippen molar-refractivity contribution in [3.05, 3.63) is 11.6 Å². The van der Waals surface area contributed by atoms with E-state index in [-0.39, 0.29) is 5.82 Å². The largest absolute Gasteiger partial charge is 0.480 e. The fraction of sp³-hybridized carbons (Fsp3) is 0.636. The topological polar surface area (TPSA) is 108 Å². The van der Waals surface area contributed by atoms with E-state index in [2.05, 4.69) is 20.5 Å². The average Bonchev–Trinajstić information content (AvgIpc) is 2.71. The van der Waals surface area contributed by atoms with Gasteiger partial charge in [-0.3, -0.25) is 9.89 Å². The molecule has 0 aliphatic rings. The highest BCUT2D eigenvalue weighted by molar-refractivity contribution is 5.93. The van der Waals surface area contributed by atoms with Crippen molar-refractivity contribution in [3.8, 4) is 0 Å². The van der Waals surface area contributed by atoms with E-state index in [1.54, 1.807) is 20.8 Å². The Balaban J connectivity index is 2.82. The number of carboxylic acid groups (broad SMARTS) is 1. The van der Waals surface area contributed by atoms with Crippen LogP contribution in [0.1, 0.15) is 44.1 Å². The van der Waals surface area contributed by atoms with E-state index in [0.29, 0.717) is 12.2 Å². The molecular formula is C11H18N4O3. The molecule has 3 N–H and O–H groups in total. The number of carbonyl (C=O) groups excluding carboxylic acids is 1. The fourth-order valence-corrected chi connectivity index (χ4v) is 1.40. The van der Waals surface area contributed by atoms with Crippen molar-refractivity contribution in [2.24, 2.45) is 5.41 Å². The minimum absolute atomic E-state index is 0.0395. The maximum Gasteiger partial charge on any atom is 0.326 e. The molecule has 0 fully saturated rings. The zero-order chi connectivity index (χ0) is 13.9. The van der Waals surface area contributed by atoms with E-state index >= 15 is 0 Å². The molecule has 0 spiro atoms. The van der Waals surface area contributed by atoms with Crippen LogP contribution in [0.3, 0.4) is 0 Å². The van der Waals surface area contributed by atoms with Gasteiger partial charge < -0.3 is 10.4 Å². The Morgan fingerprint density at radius 1 is 1.44 bits per heavy atom. The number of hydrogen-bond donors (Lipinski definition) is 3. The van der Waals surface area contributed by atoms with Crippen molar-refractivity contribution in [2.75, 3.05) is 0 Å². The van der Waals surface area contributed by atoms with Gasteiger partial charge in [0.05, 0.1) is 0 Å². The summed E-state index contributed by atoms with van der Waals surface area (Å²) < 4.78 is 0. The van der Waals surface area contributed by atoms with Crippen LogP contribution in [0.2, 0.25) is 0 Å². The van der Waals surface area contributed by atoms with Crippen molar-refractivity contribution in [3.63, 3.8) is 0 Å². The molecule has 0 radical (unpaired) electrons. The lowest BCUT2D eigenvalue weighted by molar-refractivity contribution is -0.142. The third-order valence-electron chi connectivity index (χ3n) is 2.46. The summed E-state index contributed by atoms with van der Waals surface area (Å²) in [5, 5.41) is 17.9. The molecule has 1 aromatic heterocycles. The molecule has 0 aliphatic carbocycles. The number of carbonyl (C=O) groups is 2. The number of nitrogens with zero attached hydrogens (tertiary/aromatic N) is 2. The third-order valence-corrected chi connectivity index (χ3v) is 2.46. The maximum atomic E-state index is 11.8. The van der Waals surface area contributed by atoms with Crippen LogP contribution in [0.15, 0.2) is 0 Å². The second-order valence-corrected chi connectivity index (χ2v) is 5.07. The van der Waals surface area contributed by atoms with Crippen molar-refractivity contribution >= 4 is 11.9 Å². The quantitative estimate of drug-likeness (QED) is 0.729. The Morgan fingerprint density at radius 2 is 2.06 bits per heavy atom. The van der Waals surface area contributed by atoms with Gasteiger partial charge >= 0.3 is 5.97 Å². The second-order valence-electron chi connectivity index (χ2n) is 5.07. The van der Waals surface area contributed by atoms with Gasteiger partial charge in [-0.25, -0.2) is 9.78 Å². The molecule has 1 amide bonds. The summed E-state index contributed by atoms with van der Waals surface area (Å²) in [4.78, 5) is 26.9. The Hall–Kier alpha value is -1.92. The SMILES string of the molecule is CCc1nc(C(=O)N[C@H](C(=O)O)C(C)(C)C)n[nH]1. The van der Waals surface area contributed by atoms with E-state index in [1.165, 1.54) is 0 Å². The van der Waals surface area contributed by atoms with Crippen molar-refractivity contribution < 1.29 is 14.7 Å². The highest BCUT2D eigenvalue weighted by atomic mass is 16.4. The highest BCUT2D eigenvalue weighted by Crippen LogP contribution is 2.19. The smallest absolute Gasteiger partial charge is 0.326 e. The van der Waals surface area contributed by atoms with Gasteiger partial charge in [-0.2, -0.15) is 0 Å². The van der Waals surface area contributed by atoms with Crippen molar-refractivity contribution in [2.45, 2.75) is 40.2 Å². The Morgan fingerprint density at radius 3 is 2.44 bits per heavy atom. The highest BCUT2D eigenvalue weighted by Gasteiger charge is 2.33. The lowest BCUT2D eigenvalue weighted by Gasteiger charge is -2.27. The molecule has 7 heteroatoms. The molecule has 0 unspecified atom stereocenters. The standard InChI is InChI=1S/C11H18N4O3/c1-5-6-12-8(15-14-6)9(16)13-7(10(17)18)11(2,3)4/h7H,5H2,1-4H3,(H,13,16)(H,17,18)(H,12,14,15)/t7-/m1/s1. The van der Waals surface area contributed by atoms with Crippen LogP contribution in [0.5, 0.6) is 0 Å². The normalized spacial score (nSPS) is 13.1. The number of nitrogens with one attached hydrogen (secondary N) is 2. The zero-order valence-corrected chi connectivity index (χ0v) is 10.9. The molecule has 0 saturated carbocycles. The Kier molecular flexibility index (Phi) is 4.05. The van der Waals surface area contributed by atoms with Crippen LogP contribution in [0.4, 0.5) is 0 Å². The number of rotatable bonds is 4. The predicted octanol–water partition coefficient (Wildman–Crippen LogP) is 0.596. The number of hydrogen-bond acceptors (Lipinski definition) is 4. The monoisotopic (exact) mass is 254 g/mol. The first-order valence-electron chi connectivity index (χ1n) is 5.70. The van der Waals surface area contributed by atoms with Crippen LogP contribution in [-0.4, -0.2) is 38.2 Å². The Bertz CT molecular complexity index is 447. The number of aryl methyl sites for hydroxylation is 1. The van der Waals surface area contributed by atoms with Gasteiger partial charge in [0.1, 0.15) is 11.9 Å². The number of amides is 1. The van der Waals surface area contributed by atoms with Gasteiger partial charge in [0.25, 0.3) is 5.91 Å². The van der Waals surface area contributed by atoms with Crippen LogP contribution in [-0.2, 0) is 11.2 Å². The maximum absolute atomic E-state index is 11.8. The van der Waals surface area contributed by atoms with Gasteiger partial charge in [0.15, 0.2) is 0 Å². The number of carboxylic acids is 1. The molecule has 0 aliphatic heterocycles. The first-order valence-corrected chi connectivity index (χ1v) is 5.70. The van der Waals surface area contributed by atoms with Crippen molar-refractivity contribution in [1.82, 2.24) is 20.5 Å². The summed E-state index contributed by atoms with van der Waals surface area (Å²) in [6.45, 7) is 7.09. The summed E-state index contributed by atoms with van der Waals surface area (Å²) in [7, 11) is 0. The number of H-pyrrole nitrogens is 1. The van der Waals surface area contributed by atoms with Crippen LogP contribution in [0.25, 0.3) is 0 Å². The fourth-order valence-electron chi connectivity index (χ4n) is 1.40. The minimum atomic E-state index is -1.08. The van der Waals surface area contributed by atoms with Gasteiger partial charge in [-0.15, -0.1) is 5.10 Å². The molecule has 0 saturated heterocycles. The van der Waals surface area contributed by atoms with Gasteiger partial charge in [-0.1, -0.05) is 27.7 Å². The summed E-state index contributed by atoms with van der Waals surface area (Å²) in [5.74, 6) is -1.12. The van der Waals surface area contributed by atoms with E-state index < -0.39 is 23.3 Å². The lowest BCUT2D eigenvalue weighted by Crippen LogP contribution is -2.49. The average molecular weight is 254 g/mol. The summed E-state index contributed by atoms with van der Waals surface area (Å²) in [6, 6.07) is -0.992. The van der Waals surface area contributed by atoms with Crippen LogP contribution < -0.4 is 5.32 Å². The molecule has 1 atom stereocenters. The van der Waals surface area contributed by atoms with E-state index in [9.17, 15) is 9.59 Å². The van der Waals surface area contributed by atoms with Gasteiger partial charge in [0.2, 0.25) is 5.82 Å². The summed E-state index contributed by atoms with van der Waals surface area (Å²) >= 11 is 0. The molecule has 0 bridgehead atoms. The van der Waals surface area contributed by atoms with E-state index in [1.807, 2.05) is 6.92 Å². The number of aliphatic carboxylic acids is 1. The van der Waals surface area contributed by atoms with Crippen molar-refractivity contribution in [1.29, 1.82) is 0 Å². The van der Waals surface area contributed by atoms with E-state index in [4.69, 9.17) is 5.11 Å². The van der Waals surface area contributed by atoms with Crippen LogP contribution >= 0.6 is 0 Å². The molecule has 100 valence electrons. The molecule has 1 aromatic rings. The molecular weight excluding hydrogens is 236 g/mol. The number of aromatic nitrogens is 3. The number of aromatic amines is 1. The third kappa shape index (κ3) is 3.28. The molecule has 7 nitrogen and oxygen atoms in total. The minimum Gasteiger partial charge on any atom is -0.480 e. The summed E-state index contributed by atoms with van der Waals surface area (Å²) in [6.07, 6.45) is 0.627.